The van der Waals surface area contributed by atoms with Crippen LogP contribution in [0.15, 0.2) is 23.1 Å². The summed E-state index contributed by atoms with van der Waals surface area (Å²) in [5, 5.41) is 0. The van der Waals surface area contributed by atoms with Crippen molar-refractivity contribution in [1.29, 1.82) is 0 Å². The predicted molar refractivity (Wildman–Crippen MR) is 115 cm³/mol. The van der Waals surface area contributed by atoms with Crippen LogP contribution in [-0.4, -0.2) is 47.5 Å². The number of ether oxygens (including phenoxy) is 3. The Hall–Kier alpha value is -2.06. The first-order chi connectivity index (χ1) is 13.5. The lowest BCUT2D eigenvalue weighted by atomic mass is 10.2. The molecule has 2 rings (SSSR count). The van der Waals surface area contributed by atoms with Crippen LogP contribution in [0.25, 0.3) is 6.08 Å². The molecular weight excluding hydrogens is 398 g/mol. The first-order valence-electron chi connectivity index (χ1n) is 9.30. The largest absolute Gasteiger partial charge is 0.490 e. The summed E-state index contributed by atoms with van der Waals surface area (Å²) in [5.41, 5.74) is 0.815. The summed E-state index contributed by atoms with van der Waals surface area (Å²) in [6, 6.07) is 5.52. The third-order valence-corrected chi connectivity index (χ3v) is 5.12. The number of benzene rings is 1. The molecule has 1 heterocycles. The highest BCUT2D eigenvalue weighted by Gasteiger charge is 2.32. The summed E-state index contributed by atoms with van der Waals surface area (Å²) >= 11 is 6.53. The summed E-state index contributed by atoms with van der Waals surface area (Å²) < 4.78 is 16.7. The molecule has 1 amide bonds. The summed E-state index contributed by atoms with van der Waals surface area (Å²) in [6.45, 7) is 7.40. The Labute approximate surface area is 175 Å². The molecule has 0 aromatic heterocycles. The van der Waals surface area contributed by atoms with E-state index in [0.29, 0.717) is 40.5 Å². The van der Waals surface area contributed by atoms with Gasteiger partial charge in [0.05, 0.1) is 31.1 Å². The van der Waals surface area contributed by atoms with Gasteiger partial charge in [0, 0.05) is 6.54 Å². The molecule has 0 radical (unpaired) electrons. The molecule has 0 atom stereocenters. The Bertz CT molecular complexity index is 763. The van der Waals surface area contributed by atoms with E-state index in [1.807, 2.05) is 39.0 Å². The Morgan fingerprint density at radius 1 is 1.18 bits per heavy atom. The molecule has 0 saturated carbocycles. The summed E-state index contributed by atoms with van der Waals surface area (Å²) in [7, 11) is 0. The van der Waals surface area contributed by atoms with Crippen LogP contribution >= 0.6 is 24.0 Å². The number of thioether (sulfide) groups is 1. The van der Waals surface area contributed by atoms with E-state index in [1.54, 1.807) is 6.08 Å². The number of thiocarbonyl (C=S) groups is 1. The van der Waals surface area contributed by atoms with Gasteiger partial charge in [-0.05, 0) is 44.0 Å². The molecule has 0 unspecified atom stereocenters. The van der Waals surface area contributed by atoms with Gasteiger partial charge in [0.2, 0.25) is 0 Å². The van der Waals surface area contributed by atoms with Crippen LogP contribution in [0.1, 0.15) is 39.2 Å². The van der Waals surface area contributed by atoms with Crippen LogP contribution in [0.2, 0.25) is 0 Å². The van der Waals surface area contributed by atoms with Crippen LogP contribution in [0.5, 0.6) is 11.5 Å². The summed E-state index contributed by atoms with van der Waals surface area (Å²) in [5.74, 6) is 0.768. The van der Waals surface area contributed by atoms with Gasteiger partial charge in [-0.3, -0.25) is 14.5 Å². The Kier molecular flexibility index (Phi) is 8.79. The van der Waals surface area contributed by atoms with Crippen molar-refractivity contribution in [2.24, 2.45) is 0 Å². The van der Waals surface area contributed by atoms with Crippen molar-refractivity contribution in [2.75, 3.05) is 26.4 Å². The van der Waals surface area contributed by atoms with E-state index >= 15 is 0 Å². The standard InChI is InChI=1S/C20H25NO5S2/c1-4-11-26-18(22)9-10-21-19(23)17(28-20(21)27)13-14-7-8-15(24-5-2)16(12-14)25-6-3/h7-8,12-13H,4-6,9-11H2,1-3H3/b17-13-. The van der Waals surface area contributed by atoms with Gasteiger partial charge >= 0.3 is 5.97 Å². The zero-order valence-corrected chi connectivity index (χ0v) is 18.0. The second-order valence-electron chi connectivity index (χ2n) is 5.88. The number of hydrogen-bond acceptors (Lipinski definition) is 7. The fraction of sp³-hybridized carbons (Fsp3) is 0.450. The third-order valence-electron chi connectivity index (χ3n) is 3.75. The van der Waals surface area contributed by atoms with Gasteiger partial charge in [-0.25, -0.2) is 0 Å². The van der Waals surface area contributed by atoms with Crippen LogP contribution < -0.4 is 9.47 Å². The Morgan fingerprint density at radius 3 is 2.57 bits per heavy atom. The average molecular weight is 424 g/mol. The highest BCUT2D eigenvalue weighted by Crippen LogP contribution is 2.35. The Morgan fingerprint density at radius 2 is 1.89 bits per heavy atom. The highest BCUT2D eigenvalue weighted by atomic mass is 32.2. The van der Waals surface area contributed by atoms with E-state index in [1.165, 1.54) is 16.7 Å². The highest BCUT2D eigenvalue weighted by molar-refractivity contribution is 8.26. The summed E-state index contributed by atoms with van der Waals surface area (Å²) in [4.78, 5) is 26.3. The molecule has 152 valence electrons. The van der Waals surface area contributed by atoms with Gasteiger partial charge in [-0.1, -0.05) is 37.0 Å². The quantitative estimate of drug-likeness (QED) is 0.320. The van der Waals surface area contributed by atoms with Gasteiger partial charge in [0.25, 0.3) is 5.91 Å². The molecule has 28 heavy (non-hydrogen) atoms. The molecule has 1 aromatic carbocycles. The predicted octanol–water partition coefficient (Wildman–Crippen LogP) is 4.03. The van der Waals surface area contributed by atoms with E-state index in [2.05, 4.69) is 0 Å². The van der Waals surface area contributed by atoms with E-state index in [-0.39, 0.29) is 24.8 Å². The van der Waals surface area contributed by atoms with E-state index in [0.717, 1.165) is 12.0 Å². The smallest absolute Gasteiger partial charge is 0.307 e. The lowest BCUT2D eigenvalue weighted by Crippen LogP contribution is -2.30. The number of carbonyl (C=O) groups excluding carboxylic acids is 2. The maximum Gasteiger partial charge on any atom is 0.307 e. The van der Waals surface area contributed by atoms with Crippen molar-refractivity contribution in [3.8, 4) is 11.5 Å². The van der Waals surface area contributed by atoms with Crippen molar-refractivity contribution in [2.45, 2.75) is 33.6 Å². The Balaban J connectivity index is 2.10. The summed E-state index contributed by atoms with van der Waals surface area (Å²) in [6.07, 6.45) is 2.66. The van der Waals surface area contributed by atoms with Crippen molar-refractivity contribution in [3.63, 3.8) is 0 Å². The lowest BCUT2D eigenvalue weighted by molar-refractivity contribution is -0.143. The molecule has 1 fully saturated rings. The second-order valence-corrected chi connectivity index (χ2v) is 7.55. The number of amides is 1. The molecule has 1 aliphatic rings. The molecular formula is C20H25NO5S2. The number of nitrogens with zero attached hydrogens (tertiary/aromatic N) is 1. The molecule has 1 saturated heterocycles. The SMILES string of the molecule is CCCOC(=O)CCN1C(=O)/C(=C/c2ccc(OCC)c(OCC)c2)SC1=S. The topological polar surface area (TPSA) is 65.1 Å². The molecule has 0 bridgehead atoms. The third kappa shape index (κ3) is 5.97. The van der Waals surface area contributed by atoms with E-state index in [9.17, 15) is 9.59 Å². The van der Waals surface area contributed by atoms with Gasteiger partial charge in [0.15, 0.2) is 11.5 Å². The van der Waals surface area contributed by atoms with Crippen molar-refractivity contribution in [3.05, 3.63) is 28.7 Å². The molecule has 6 nitrogen and oxygen atoms in total. The fourth-order valence-electron chi connectivity index (χ4n) is 2.49. The molecule has 0 aliphatic carbocycles. The van der Waals surface area contributed by atoms with E-state index < -0.39 is 0 Å². The maximum atomic E-state index is 12.7. The number of hydrogen-bond donors (Lipinski definition) is 0. The first-order valence-corrected chi connectivity index (χ1v) is 10.5. The molecule has 0 spiro atoms. The van der Waals surface area contributed by atoms with Crippen molar-refractivity contribution in [1.82, 2.24) is 4.90 Å². The minimum Gasteiger partial charge on any atom is -0.490 e. The molecule has 0 N–H and O–H groups in total. The van der Waals surface area contributed by atoms with Gasteiger partial charge in [-0.15, -0.1) is 0 Å². The number of rotatable bonds is 10. The van der Waals surface area contributed by atoms with Crippen LogP contribution in [0.4, 0.5) is 0 Å². The van der Waals surface area contributed by atoms with Crippen LogP contribution in [-0.2, 0) is 14.3 Å². The van der Waals surface area contributed by atoms with Crippen LogP contribution in [0, 0.1) is 0 Å². The minimum absolute atomic E-state index is 0.122. The lowest BCUT2D eigenvalue weighted by Gasteiger charge is -2.13. The van der Waals surface area contributed by atoms with E-state index in [4.69, 9.17) is 26.4 Å². The zero-order chi connectivity index (χ0) is 20.5. The first kappa shape index (κ1) is 22.2. The number of esters is 1. The minimum atomic E-state index is -0.326. The molecule has 1 aliphatic heterocycles. The average Bonchev–Trinajstić information content (AvgIpc) is 2.93. The molecule has 1 aromatic rings. The maximum absolute atomic E-state index is 12.7. The van der Waals surface area contributed by atoms with Crippen molar-refractivity contribution < 1.29 is 23.8 Å². The zero-order valence-electron chi connectivity index (χ0n) is 16.4. The van der Waals surface area contributed by atoms with Gasteiger partial charge in [-0.2, -0.15) is 0 Å². The normalized spacial score (nSPS) is 15.2. The van der Waals surface area contributed by atoms with Gasteiger partial charge < -0.3 is 14.2 Å². The fourth-order valence-corrected chi connectivity index (χ4v) is 3.80. The van der Waals surface area contributed by atoms with Crippen molar-refractivity contribution >= 4 is 46.3 Å². The van der Waals surface area contributed by atoms with Crippen LogP contribution in [0.3, 0.4) is 0 Å². The monoisotopic (exact) mass is 423 g/mol. The number of carbonyl (C=O) groups is 2. The molecule has 8 heteroatoms. The second kappa shape index (κ2) is 11.1. The van der Waals surface area contributed by atoms with Gasteiger partial charge in [0.1, 0.15) is 4.32 Å².